The zero-order chi connectivity index (χ0) is 13.6. The van der Waals surface area contributed by atoms with E-state index in [2.05, 4.69) is 10.4 Å². The van der Waals surface area contributed by atoms with Gasteiger partial charge in [-0.15, -0.1) is 0 Å². The molecule has 2 aromatic rings. The predicted molar refractivity (Wildman–Crippen MR) is 71.8 cm³/mol. The summed E-state index contributed by atoms with van der Waals surface area (Å²) in [5.41, 5.74) is 8.39. The fourth-order valence-corrected chi connectivity index (χ4v) is 2.02. The van der Waals surface area contributed by atoms with Crippen molar-refractivity contribution in [1.29, 1.82) is 0 Å². The first-order valence-corrected chi connectivity index (χ1v) is 6.00. The number of nitrogens with two attached hydrogens (primary N) is 1. The van der Waals surface area contributed by atoms with Crippen molar-refractivity contribution in [2.24, 2.45) is 0 Å². The molecule has 1 amide bonds. The number of carbonyl (C=O) groups is 1. The molecule has 3 N–H and O–H groups in total. The first-order valence-electron chi connectivity index (χ1n) is 5.63. The van der Waals surface area contributed by atoms with Crippen LogP contribution in [0.3, 0.4) is 0 Å². The molecule has 0 atom stereocenters. The highest BCUT2D eigenvalue weighted by molar-refractivity contribution is 6.31. The van der Waals surface area contributed by atoms with E-state index in [1.54, 1.807) is 29.9 Å². The molecule has 0 aliphatic carbocycles. The number of halogens is 1. The zero-order valence-corrected chi connectivity index (χ0v) is 10.9. The molecule has 1 aromatic carbocycles. The minimum Gasteiger partial charge on any atom is -0.482 e. The average Bonchev–Trinajstić information content (AvgIpc) is 2.69. The van der Waals surface area contributed by atoms with Crippen molar-refractivity contribution in [3.05, 3.63) is 29.0 Å². The third-order valence-electron chi connectivity index (χ3n) is 2.85. The molecule has 7 heteroatoms. The van der Waals surface area contributed by atoms with E-state index in [0.717, 1.165) is 0 Å². The van der Waals surface area contributed by atoms with Gasteiger partial charge in [0.15, 0.2) is 6.61 Å². The molecular weight excluding hydrogens is 268 g/mol. The van der Waals surface area contributed by atoms with Gasteiger partial charge in [0.2, 0.25) is 0 Å². The molecular formula is C12H11ClN4O2. The number of amides is 1. The topological polar surface area (TPSA) is 82.2 Å². The third kappa shape index (κ3) is 2.00. The SMILES string of the molecule is Cc1nn(-c2cc3c(cc2N)OCC(=O)N3)cc1Cl. The molecule has 1 aromatic heterocycles. The van der Waals surface area contributed by atoms with Gasteiger partial charge in [-0.2, -0.15) is 5.10 Å². The Morgan fingerprint density at radius 2 is 2.32 bits per heavy atom. The number of aromatic nitrogens is 2. The predicted octanol–water partition coefficient (Wildman–Crippen LogP) is 1.75. The quantitative estimate of drug-likeness (QED) is 0.779. The molecule has 0 saturated carbocycles. The van der Waals surface area contributed by atoms with Gasteiger partial charge in [-0.05, 0) is 13.0 Å². The van der Waals surface area contributed by atoms with Crippen LogP contribution in [0.2, 0.25) is 5.02 Å². The number of carbonyl (C=O) groups excluding carboxylic acids is 1. The van der Waals surface area contributed by atoms with Crippen LogP contribution in [0.25, 0.3) is 5.69 Å². The van der Waals surface area contributed by atoms with Crippen molar-refractivity contribution in [3.8, 4) is 11.4 Å². The van der Waals surface area contributed by atoms with Crippen molar-refractivity contribution >= 4 is 28.9 Å². The van der Waals surface area contributed by atoms with E-state index in [1.165, 1.54) is 0 Å². The lowest BCUT2D eigenvalue weighted by molar-refractivity contribution is -0.118. The molecule has 19 heavy (non-hydrogen) atoms. The Morgan fingerprint density at radius 1 is 1.53 bits per heavy atom. The van der Waals surface area contributed by atoms with Crippen LogP contribution in [0, 0.1) is 6.92 Å². The summed E-state index contributed by atoms with van der Waals surface area (Å²) in [6.45, 7) is 1.80. The Kier molecular flexibility index (Phi) is 2.60. The third-order valence-corrected chi connectivity index (χ3v) is 3.22. The number of rotatable bonds is 1. The van der Waals surface area contributed by atoms with Gasteiger partial charge in [-0.3, -0.25) is 4.79 Å². The van der Waals surface area contributed by atoms with Crippen molar-refractivity contribution in [1.82, 2.24) is 9.78 Å². The van der Waals surface area contributed by atoms with E-state index in [1.807, 2.05) is 0 Å². The van der Waals surface area contributed by atoms with E-state index in [0.29, 0.717) is 33.5 Å². The van der Waals surface area contributed by atoms with Gasteiger partial charge < -0.3 is 15.8 Å². The van der Waals surface area contributed by atoms with Crippen LogP contribution in [0.4, 0.5) is 11.4 Å². The number of benzene rings is 1. The molecule has 0 saturated heterocycles. The summed E-state index contributed by atoms with van der Waals surface area (Å²) in [5.74, 6) is 0.355. The standard InChI is InChI=1S/C12H11ClN4O2/c1-6-7(13)4-17(16-6)10-3-9-11(2-8(10)14)19-5-12(18)15-9/h2-4H,5,14H2,1H3,(H,15,18). The molecule has 0 radical (unpaired) electrons. The summed E-state index contributed by atoms with van der Waals surface area (Å²) in [6, 6.07) is 3.37. The lowest BCUT2D eigenvalue weighted by atomic mass is 10.2. The van der Waals surface area contributed by atoms with Gasteiger partial charge in [0.1, 0.15) is 5.75 Å². The monoisotopic (exact) mass is 278 g/mol. The van der Waals surface area contributed by atoms with Gasteiger partial charge >= 0.3 is 0 Å². The molecule has 6 nitrogen and oxygen atoms in total. The minimum absolute atomic E-state index is 0.00150. The lowest BCUT2D eigenvalue weighted by Crippen LogP contribution is -2.25. The number of fused-ring (bicyclic) bond motifs is 1. The summed E-state index contributed by atoms with van der Waals surface area (Å²) in [5, 5.41) is 7.54. The van der Waals surface area contributed by atoms with Gasteiger partial charge in [0, 0.05) is 12.3 Å². The Labute approximate surface area is 114 Å². The van der Waals surface area contributed by atoms with Crippen LogP contribution in [0.5, 0.6) is 5.75 Å². The molecule has 3 rings (SSSR count). The Morgan fingerprint density at radius 3 is 3.00 bits per heavy atom. The first kappa shape index (κ1) is 11.9. The first-order chi connectivity index (χ1) is 9.04. The highest BCUT2D eigenvalue weighted by atomic mass is 35.5. The largest absolute Gasteiger partial charge is 0.482 e. The van der Waals surface area contributed by atoms with E-state index < -0.39 is 0 Å². The number of ether oxygens (including phenoxy) is 1. The highest BCUT2D eigenvalue weighted by Crippen LogP contribution is 2.34. The summed E-state index contributed by atoms with van der Waals surface area (Å²) >= 11 is 5.98. The van der Waals surface area contributed by atoms with E-state index in [-0.39, 0.29) is 12.5 Å². The second kappa shape index (κ2) is 4.17. The summed E-state index contributed by atoms with van der Waals surface area (Å²) < 4.78 is 6.87. The summed E-state index contributed by atoms with van der Waals surface area (Å²) in [6.07, 6.45) is 1.67. The molecule has 1 aliphatic heterocycles. The molecule has 98 valence electrons. The van der Waals surface area contributed by atoms with Crippen LogP contribution < -0.4 is 15.8 Å². The molecule has 2 heterocycles. The molecule has 0 fully saturated rings. The maximum Gasteiger partial charge on any atom is 0.262 e. The highest BCUT2D eigenvalue weighted by Gasteiger charge is 2.19. The van der Waals surface area contributed by atoms with Gasteiger partial charge in [-0.1, -0.05) is 11.6 Å². The van der Waals surface area contributed by atoms with Crippen LogP contribution in [-0.2, 0) is 4.79 Å². The Bertz CT molecular complexity index is 661. The lowest BCUT2D eigenvalue weighted by Gasteiger charge is -2.19. The van der Waals surface area contributed by atoms with E-state index in [9.17, 15) is 4.79 Å². The Hall–Kier alpha value is -2.21. The zero-order valence-electron chi connectivity index (χ0n) is 10.1. The number of nitrogens with zero attached hydrogens (tertiary/aromatic N) is 2. The number of hydrogen-bond donors (Lipinski definition) is 2. The smallest absolute Gasteiger partial charge is 0.262 e. The van der Waals surface area contributed by atoms with Crippen LogP contribution in [-0.4, -0.2) is 22.3 Å². The van der Waals surface area contributed by atoms with E-state index >= 15 is 0 Å². The van der Waals surface area contributed by atoms with Gasteiger partial charge in [0.25, 0.3) is 5.91 Å². The number of aryl methyl sites for hydroxylation is 1. The number of hydrogen-bond acceptors (Lipinski definition) is 4. The molecule has 0 spiro atoms. The molecule has 1 aliphatic rings. The van der Waals surface area contributed by atoms with Crippen LogP contribution in [0.15, 0.2) is 18.3 Å². The second-order valence-corrected chi connectivity index (χ2v) is 4.66. The number of nitrogen functional groups attached to an aromatic ring is 1. The van der Waals surface area contributed by atoms with Crippen LogP contribution >= 0.6 is 11.6 Å². The van der Waals surface area contributed by atoms with E-state index in [4.69, 9.17) is 22.1 Å². The van der Waals surface area contributed by atoms with Crippen molar-refractivity contribution < 1.29 is 9.53 Å². The van der Waals surface area contributed by atoms with Gasteiger partial charge in [0.05, 0.1) is 27.8 Å². The van der Waals surface area contributed by atoms with Crippen molar-refractivity contribution in [3.63, 3.8) is 0 Å². The maximum atomic E-state index is 11.3. The summed E-state index contributed by atoms with van der Waals surface area (Å²) in [7, 11) is 0. The average molecular weight is 279 g/mol. The maximum absolute atomic E-state index is 11.3. The number of anilines is 2. The number of nitrogens with one attached hydrogen (secondary N) is 1. The normalized spacial score (nSPS) is 13.7. The van der Waals surface area contributed by atoms with Gasteiger partial charge in [-0.25, -0.2) is 4.68 Å². The van der Waals surface area contributed by atoms with Crippen LogP contribution in [0.1, 0.15) is 5.69 Å². The molecule has 0 bridgehead atoms. The fourth-order valence-electron chi connectivity index (χ4n) is 1.89. The molecule has 0 unspecified atom stereocenters. The summed E-state index contributed by atoms with van der Waals surface area (Å²) in [4.78, 5) is 11.3. The fraction of sp³-hybridized carbons (Fsp3) is 0.167. The Balaban J connectivity index is 2.11. The van der Waals surface area contributed by atoms with Crippen molar-refractivity contribution in [2.75, 3.05) is 17.7 Å². The van der Waals surface area contributed by atoms with Crippen molar-refractivity contribution in [2.45, 2.75) is 6.92 Å². The second-order valence-electron chi connectivity index (χ2n) is 4.25. The minimum atomic E-state index is -0.196.